The molecule has 0 bridgehead atoms. The number of ether oxygens (including phenoxy) is 1. The van der Waals surface area contributed by atoms with Crippen molar-refractivity contribution in [2.24, 2.45) is 0 Å². The van der Waals surface area contributed by atoms with Gasteiger partial charge in [0.1, 0.15) is 0 Å². The van der Waals surface area contributed by atoms with Gasteiger partial charge in [-0.2, -0.15) is 0 Å². The van der Waals surface area contributed by atoms with Gasteiger partial charge in [0.05, 0.1) is 0 Å². The molecule has 0 spiro atoms. The van der Waals surface area contributed by atoms with Gasteiger partial charge in [-0.05, 0) is 0 Å². The van der Waals surface area contributed by atoms with Crippen LogP contribution in [0.15, 0.2) is 30.3 Å². The minimum atomic E-state index is -0.316. The van der Waals surface area contributed by atoms with E-state index in [1.54, 1.807) is 0 Å². The predicted molar refractivity (Wildman–Crippen MR) is 53.1 cm³/mol. The van der Waals surface area contributed by atoms with Gasteiger partial charge in [-0.15, -0.1) is 0 Å². The van der Waals surface area contributed by atoms with Crippen molar-refractivity contribution in [1.29, 1.82) is 0 Å². The molecule has 4 heteroatoms. The number of nitrogens with one attached hydrogen (secondary N) is 1. The fourth-order valence-electron chi connectivity index (χ4n) is 1.69. The zero-order chi connectivity index (χ0) is 10.0. The van der Waals surface area contributed by atoms with E-state index < -0.39 is 0 Å². The number of hydrogen-bond acceptors (Lipinski definition) is 2. The van der Waals surface area contributed by atoms with E-state index in [0.29, 0.717) is 6.61 Å². The second-order valence-electron chi connectivity index (χ2n) is 3.92. The zero-order valence-electron chi connectivity index (χ0n) is 8.12. The van der Waals surface area contributed by atoms with E-state index in [-0.39, 0.29) is 10.3 Å². The monoisotopic (exact) mass is 183 g/mol. The molecule has 1 amide bonds. The van der Waals surface area contributed by atoms with E-state index in [2.05, 4.69) is 17.4 Å². The minimum absolute atomic E-state index is 0.252. The number of benzene rings is 1. The number of hydrogen-bond donors (Lipinski definition) is 1. The Morgan fingerprint density at radius 2 is 2.14 bits per heavy atom. The van der Waals surface area contributed by atoms with Crippen molar-refractivity contribution in [2.45, 2.75) is 10.6 Å². The van der Waals surface area contributed by atoms with E-state index in [0.717, 1.165) is 6.42 Å². The summed E-state index contributed by atoms with van der Waals surface area (Å²) in [6.07, 6.45) is 0.489. The summed E-state index contributed by atoms with van der Waals surface area (Å²) >= 11 is 1.99. The summed E-state index contributed by atoms with van der Waals surface area (Å²) in [5.74, 6) is 0. The number of carbonyl (C=O) groups excluding carboxylic acids is 1. The number of alkyl carbamates (subject to hydrolysis) is 1. The molecule has 1 heterocycles. The first-order chi connectivity index (χ1) is 6.68. The van der Waals surface area contributed by atoms with Crippen molar-refractivity contribution in [3.8, 4) is 0 Å². The van der Waals surface area contributed by atoms with Crippen molar-refractivity contribution >= 4 is 23.8 Å². The molecule has 0 saturated carbocycles. The second kappa shape index (κ2) is 3.68. The van der Waals surface area contributed by atoms with Crippen LogP contribution in [0.25, 0.3) is 0 Å². The molecule has 1 N–H and O–H groups in total. The maximum absolute atomic E-state index is 10.9. The predicted octanol–water partition coefficient (Wildman–Crippen LogP) is 0.834. The van der Waals surface area contributed by atoms with Gasteiger partial charge in [0.25, 0.3) is 0 Å². The van der Waals surface area contributed by atoms with Gasteiger partial charge >= 0.3 is 91.8 Å². The molecular weight excluding hydrogens is 173 g/mol. The van der Waals surface area contributed by atoms with Gasteiger partial charge in [-0.25, -0.2) is 0 Å². The summed E-state index contributed by atoms with van der Waals surface area (Å²) in [4.78, 5) is 10.9. The van der Waals surface area contributed by atoms with Crippen molar-refractivity contribution in [2.75, 3.05) is 6.61 Å². The molecule has 0 unspecified atom stereocenters. The summed E-state index contributed by atoms with van der Waals surface area (Å²) < 4.78 is 4.64. The fourth-order valence-corrected chi connectivity index (χ4v) is 1.69. The Morgan fingerprint density at radius 1 is 1.43 bits per heavy atom. The van der Waals surface area contributed by atoms with Crippen LogP contribution in [0.5, 0.6) is 0 Å². The van der Waals surface area contributed by atoms with Crippen LogP contribution in [0.2, 0.25) is 0 Å². The van der Waals surface area contributed by atoms with E-state index >= 15 is 0 Å². The summed E-state index contributed by atoms with van der Waals surface area (Å²) in [6, 6.07) is 10.1. The van der Waals surface area contributed by atoms with Crippen molar-refractivity contribution < 1.29 is 9.53 Å². The van der Waals surface area contributed by atoms with Crippen LogP contribution in [-0.4, -0.2) is 34.6 Å². The Labute approximate surface area is 92.0 Å². The summed E-state index contributed by atoms with van der Waals surface area (Å²) in [5.41, 5.74) is 1.21. The molecular formula is C10H10LiNO2. The first-order valence-corrected chi connectivity index (χ1v) is 4.67. The number of amides is 1. The van der Waals surface area contributed by atoms with Crippen molar-refractivity contribution in [3.05, 3.63) is 35.9 Å². The van der Waals surface area contributed by atoms with Crippen molar-refractivity contribution in [1.82, 2.24) is 5.32 Å². The first kappa shape index (κ1) is 9.64. The molecule has 2 rings (SSSR count). The van der Waals surface area contributed by atoms with Gasteiger partial charge in [-0.1, -0.05) is 0 Å². The van der Waals surface area contributed by atoms with Crippen LogP contribution in [0.1, 0.15) is 5.56 Å². The van der Waals surface area contributed by atoms with E-state index in [9.17, 15) is 4.79 Å². The van der Waals surface area contributed by atoms with Crippen LogP contribution < -0.4 is 5.32 Å². The van der Waals surface area contributed by atoms with Gasteiger partial charge < -0.3 is 0 Å². The molecule has 0 radical (unpaired) electrons. The molecule has 0 aliphatic carbocycles. The first-order valence-electron chi connectivity index (χ1n) is 4.67. The number of carbonyl (C=O) groups is 1. The molecule has 1 saturated heterocycles. The Morgan fingerprint density at radius 3 is 2.71 bits per heavy atom. The van der Waals surface area contributed by atoms with Crippen LogP contribution in [0, 0.1) is 0 Å². The van der Waals surface area contributed by atoms with E-state index in [1.807, 2.05) is 35.9 Å². The normalized spacial score (nSPS) is 25.7. The Kier molecular flexibility index (Phi) is 2.53. The molecule has 1 fully saturated rings. The Bertz CT molecular complexity index is 341. The summed E-state index contributed by atoms with van der Waals surface area (Å²) in [7, 11) is 0. The Balaban J connectivity index is 2.08. The molecule has 1 aromatic carbocycles. The van der Waals surface area contributed by atoms with Gasteiger partial charge in [0, 0.05) is 0 Å². The molecule has 14 heavy (non-hydrogen) atoms. The maximum atomic E-state index is 10.9. The van der Waals surface area contributed by atoms with Crippen LogP contribution in [0.4, 0.5) is 4.79 Å². The Hall–Kier alpha value is -0.913. The van der Waals surface area contributed by atoms with Crippen molar-refractivity contribution in [3.63, 3.8) is 0 Å². The number of rotatable bonds is 2. The van der Waals surface area contributed by atoms with Crippen LogP contribution in [0.3, 0.4) is 0 Å². The number of cyclic esters (lactones) is 1. The zero-order valence-corrected chi connectivity index (χ0v) is 8.12. The second-order valence-corrected chi connectivity index (χ2v) is 3.92. The van der Waals surface area contributed by atoms with E-state index in [4.69, 9.17) is 4.74 Å². The quantitative estimate of drug-likeness (QED) is 0.690. The van der Waals surface area contributed by atoms with Gasteiger partial charge in [0.15, 0.2) is 0 Å². The van der Waals surface area contributed by atoms with Crippen LogP contribution >= 0.6 is 0 Å². The molecule has 3 nitrogen and oxygen atoms in total. The summed E-state index contributed by atoms with van der Waals surface area (Å²) in [6.45, 7) is 0.445. The van der Waals surface area contributed by atoms with Gasteiger partial charge in [-0.3, -0.25) is 0 Å². The molecule has 1 aromatic rings. The average molecular weight is 183 g/mol. The standard InChI is InChI=1S/C10H10NO2.Li/c12-10-11-9(7-13-10)6-8-4-2-1-3-5-8;/h1-5H,6-7H2,(H,11,12);. The van der Waals surface area contributed by atoms with Gasteiger partial charge in [0.2, 0.25) is 0 Å². The van der Waals surface area contributed by atoms with Crippen LogP contribution in [-0.2, 0) is 11.2 Å². The molecule has 1 aliphatic heterocycles. The topological polar surface area (TPSA) is 38.3 Å². The third-order valence-electron chi connectivity index (χ3n) is 2.36. The molecule has 0 aromatic heterocycles. The fraction of sp³-hybridized carbons (Fsp3) is 0.300. The molecule has 1 aliphatic rings. The third-order valence-corrected chi connectivity index (χ3v) is 2.36. The molecule has 68 valence electrons. The third kappa shape index (κ3) is 2.12. The average Bonchev–Trinajstić information content (AvgIpc) is 2.47. The SMILES string of the molecule is [Li][C@]1(Cc2ccccc2)COC(=O)N1. The van der Waals surface area contributed by atoms with E-state index in [1.165, 1.54) is 5.56 Å². The summed E-state index contributed by atoms with van der Waals surface area (Å²) in [5, 5.41) is 2.82. The molecule has 1 atom stereocenters.